The van der Waals surface area contributed by atoms with Crippen LogP contribution in [0.15, 0.2) is 18.2 Å². The molecule has 1 aliphatic heterocycles. The van der Waals surface area contributed by atoms with Crippen molar-refractivity contribution in [2.24, 2.45) is 5.92 Å². The summed E-state index contributed by atoms with van der Waals surface area (Å²) in [5.41, 5.74) is 1.29. The van der Waals surface area contributed by atoms with Crippen LogP contribution in [0.3, 0.4) is 0 Å². The minimum absolute atomic E-state index is 0.206. The van der Waals surface area contributed by atoms with E-state index in [-0.39, 0.29) is 5.54 Å². The second kappa shape index (κ2) is 5.40. The van der Waals surface area contributed by atoms with Crippen LogP contribution in [-0.2, 0) is 0 Å². The first-order chi connectivity index (χ1) is 9.53. The van der Waals surface area contributed by atoms with Gasteiger partial charge in [-0.2, -0.15) is 0 Å². The zero-order valence-electron chi connectivity index (χ0n) is 12.1. The largest absolute Gasteiger partial charge is 0.364 e. The zero-order valence-corrected chi connectivity index (χ0v) is 13.6. The van der Waals surface area contributed by atoms with E-state index in [1.165, 1.54) is 12.8 Å². The molecule has 2 atom stereocenters. The predicted molar refractivity (Wildman–Crippen MR) is 87.0 cm³/mol. The molecule has 0 amide bonds. The van der Waals surface area contributed by atoms with E-state index in [1.807, 2.05) is 18.2 Å². The maximum absolute atomic E-state index is 6.42. The molecule has 3 rings (SSSR count). The van der Waals surface area contributed by atoms with Gasteiger partial charge >= 0.3 is 0 Å². The van der Waals surface area contributed by atoms with Crippen LogP contribution in [0.25, 0.3) is 0 Å². The van der Waals surface area contributed by atoms with Crippen molar-refractivity contribution in [3.05, 3.63) is 28.2 Å². The Kier molecular flexibility index (Phi) is 3.91. The van der Waals surface area contributed by atoms with Gasteiger partial charge in [0.25, 0.3) is 0 Å². The highest BCUT2D eigenvalue weighted by Gasteiger charge is 2.46. The van der Waals surface area contributed by atoms with Crippen molar-refractivity contribution in [1.29, 1.82) is 0 Å². The lowest BCUT2D eigenvalue weighted by molar-refractivity contribution is 0.252. The van der Waals surface area contributed by atoms with Crippen LogP contribution in [0.2, 0.25) is 10.0 Å². The molecule has 1 aromatic carbocycles. The molecule has 1 heterocycles. The molecule has 0 bridgehead atoms. The van der Waals surface area contributed by atoms with E-state index >= 15 is 0 Å². The summed E-state index contributed by atoms with van der Waals surface area (Å²) in [4.78, 5) is 2.46. The van der Waals surface area contributed by atoms with Crippen molar-refractivity contribution in [3.8, 4) is 0 Å². The summed E-state index contributed by atoms with van der Waals surface area (Å²) in [5, 5.41) is 5.33. The molecule has 2 aliphatic rings. The number of hydrogen-bond acceptors (Lipinski definition) is 2. The quantitative estimate of drug-likeness (QED) is 0.892. The van der Waals surface area contributed by atoms with Gasteiger partial charge in [0, 0.05) is 29.7 Å². The molecule has 1 aromatic rings. The first-order valence-corrected chi connectivity index (χ1v) is 8.26. The Morgan fingerprint density at radius 3 is 2.75 bits per heavy atom. The topological polar surface area (TPSA) is 15.3 Å². The van der Waals surface area contributed by atoms with E-state index in [2.05, 4.69) is 24.1 Å². The number of hydrogen-bond donors (Lipinski definition) is 1. The Morgan fingerprint density at radius 2 is 2.10 bits per heavy atom. The van der Waals surface area contributed by atoms with E-state index in [9.17, 15) is 0 Å². The SMILES string of the molecule is CCC1CNC(C)(C2CC2)CN1c1cc(Cl)ccc1Cl. The Balaban J connectivity index is 1.92. The van der Waals surface area contributed by atoms with Crippen LogP contribution in [0, 0.1) is 5.92 Å². The highest BCUT2D eigenvalue weighted by molar-refractivity contribution is 6.35. The van der Waals surface area contributed by atoms with Crippen molar-refractivity contribution >= 4 is 28.9 Å². The number of rotatable bonds is 3. The molecule has 1 saturated heterocycles. The van der Waals surface area contributed by atoms with Crippen molar-refractivity contribution in [3.63, 3.8) is 0 Å². The summed E-state index contributed by atoms with van der Waals surface area (Å²) >= 11 is 12.6. The molecule has 1 N–H and O–H groups in total. The van der Waals surface area contributed by atoms with Gasteiger partial charge in [-0.05, 0) is 50.3 Å². The highest BCUT2D eigenvalue weighted by atomic mass is 35.5. The molecule has 1 aliphatic carbocycles. The summed E-state index contributed by atoms with van der Waals surface area (Å²) in [7, 11) is 0. The van der Waals surface area contributed by atoms with Gasteiger partial charge in [-0.1, -0.05) is 30.1 Å². The fourth-order valence-corrected chi connectivity index (χ4v) is 3.74. The molecule has 110 valence electrons. The van der Waals surface area contributed by atoms with Crippen molar-refractivity contribution < 1.29 is 0 Å². The number of anilines is 1. The van der Waals surface area contributed by atoms with Gasteiger partial charge in [-0.3, -0.25) is 0 Å². The highest BCUT2D eigenvalue weighted by Crippen LogP contribution is 2.43. The second-order valence-electron chi connectivity index (χ2n) is 6.36. The number of piperazine rings is 1. The number of benzene rings is 1. The monoisotopic (exact) mass is 312 g/mol. The van der Waals surface area contributed by atoms with E-state index in [4.69, 9.17) is 23.2 Å². The zero-order chi connectivity index (χ0) is 14.3. The minimum Gasteiger partial charge on any atom is -0.364 e. The third kappa shape index (κ3) is 2.66. The van der Waals surface area contributed by atoms with Gasteiger partial charge in [-0.25, -0.2) is 0 Å². The maximum Gasteiger partial charge on any atom is 0.0640 e. The normalized spacial score (nSPS) is 30.6. The van der Waals surface area contributed by atoms with E-state index < -0.39 is 0 Å². The lowest BCUT2D eigenvalue weighted by Crippen LogP contribution is -2.64. The van der Waals surface area contributed by atoms with Gasteiger partial charge in [0.15, 0.2) is 0 Å². The lowest BCUT2D eigenvalue weighted by Gasteiger charge is -2.48. The summed E-state index contributed by atoms with van der Waals surface area (Å²) in [5.74, 6) is 0.806. The molecule has 2 nitrogen and oxygen atoms in total. The number of nitrogens with zero attached hydrogens (tertiary/aromatic N) is 1. The Labute approximate surface area is 131 Å². The van der Waals surface area contributed by atoms with Crippen LogP contribution in [0.1, 0.15) is 33.1 Å². The molecule has 2 fully saturated rings. The van der Waals surface area contributed by atoms with Crippen LogP contribution in [-0.4, -0.2) is 24.7 Å². The third-order valence-electron chi connectivity index (χ3n) is 4.85. The Bertz CT molecular complexity index is 501. The van der Waals surface area contributed by atoms with Gasteiger partial charge in [0.2, 0.25) is 0 Å². The maximum atomic E-state index is 6.42. The van der Waals surface area contributed by atoms with Crippen LogP contribution in [0.4, 0.5) is 5.69 Å². The minimum atomic E-state index is 0.206. The van der Waals surface area contributed by atoms with Crippen LogP contribution >= 0.6 is 23.2 Å². The standard InChI is InChI=1S/C16H22Cl2N2/c1-3-13-9-19-16(2,11-4-5-11)10-20(13)15-8-12(17)6-7-14(15)18/h6-8,11,13,19H,3-5,9-10H2,1-2H3. The fraction of sp³-hybridized carbons (Fsp3) is 0.625. The predicted octanol–water partition coefficient (Wildman–Crippen LogP) is 4.35. The molecule has 20 heavy (non-hydrogen) atoms. The van der Waals surface area contributed by atoms with Gasteiger partial charge in [0.1, 0.15) is 0 Å². The van der Waals surface area contributed by atoms with Crippen molar-refractivity contribution in [1.82, 2.24) is 5.32 Å². The van der Waals surface area contributed by atoms with Crippen LogP contribution < -0.4 is 10.2 Å². The first-order valence-electron chi connectivity index (χ1n) is 7.50. The van der Waals surface area contributed by atoms with Gasteiger partial charge in [-0.15, -0.1) is 0 Å². The van der Waals surface area contributed by atoms with Gasteiger partial charge in [0.05, 0.1) is 10.7 Å². The Morgan fingerprint density at radius 1 is 1.35 bits per heavy atom. The Hall–Kier alpha value is -0.440. The molecular weight excluding hydrogens is 291 g/mol. The average Bonchev–Trinajstić information content (AvgIpc) is 3.26. The summed E-state index contributed by atoms with van der Waals surface area (Å²) in [6, 6.07) is 6.25. The number of nitrogens with one attached hydrogen (secondary N) is 1. The summed E-state index contributed by atoms with van der Waals surface area (Å²) < 4.78 is 0. The van der Waals surface area contributed by atoms with Crippen molar-refractivity contribution in [2.75, 3.05) is 18.0 Å². The third-order valence-corrected chi connectivity index (χ3v) is 5.40. The summed E-state index contributed by atoms with van der Waals surface area (Å²) in [6.45, 7) is 6.61. The molecule has 0 spiro atoms. The van der Waals surface area contributed by atoms with Crippen LogP contribution in [0.5, 0.6) is 0 Å². The first kappa shape index (κ1) is 14.5. The molecule has 4 heteroatoms. The van der Waals surface area contributed by atoms with E-state index in [0.29, 0.717) is 6.04 Å². The molecule has 0 aromatic heterocycles. The van der Waals surface area contributed by atoms with E-state index in [1.54, 1.807) is 0 Å². The molecule has 0 radical (unpaired) electrons. The van der Waals surface area contributed by atoms with Gasteiger partial charge < -0.3 is 10.2 Å². The summed E-state index contributed by atoms with van der Waals surface area (Å²) in [6.07, 6.45) is 3.80. The van der Waals surface area contributed by atoms with E-state index in [0.717, 1.165) is 41.2 Å². The molecule has 1 saturated carbocycles. The number of halogens is 2. The smallest absolute Gasteiger partial charge is 0.0640 e. The second-order valence-corrected chi connectivity index (χ2v) is 7.20. The molecule has 2 unspecified atom stereocenters. The van der Waals surface area contributed by atoms with Crippen molar-refractivity contribution in [2.45, 2.75) is 44.7 Å². The fourth-order valence-electron chi connectivity index (χ4n) is 3.35. The average molecular weight is 313 g/mol. The molecular formula is C16H22Cl2N2. The lowest BCUT2D eigenvalue weighted by atomic mass is 9.90.